The number of halogens is 1. The van der Waals surface area contributed by atoms with Gasteiger partial charge in [-0.05, 0) is 54.8 Å². The topological polar surface area (TPSA) is 0 Å². The minimum Gasteiger partial charge on any atom is -0.126 e. The molecule has 0 amide bonds. The maximum Gasteiger partial charge on any atom is 0.0280 e. The molecule has 1 saturated carbocycles. The molecule has 0 radical (unpaired) electrons. The van der Waals surface area contributed by atoms with E-state index >= 15 is 0 Å². The Labute approximate surface area is 107 Å². The summed E-state index contributed by atoms with van der Waals surface area (Å²) in [6.07, 6.45) is 6.76. The van der Waals surface area contributed by atoms with Crippen LogP contribution in [0.25, 0.3) is 0 Å². The van der Waals surface area contributed by atoms with Gasteiger partial charge < -0.3 is 0 Å². The number of alkyl halides is 1. The number of hydrogen-bond acceptors (Lipinski definition) is 0. The van der Waals surface area contributed by atoms with Gasteiger partial charge in [0.15, 0.2) is 0 Å². The van der Waals surface area contributed by atoms with Crippen LogP contribution in [0.5, 0.6) is 0 Å². The zero-order valence-electron chi connectivity index (χ0n) is 11.8. The van der Waals surface area contributed by atoms with Crippen LogP contribution in [0.1, 0.15) is 66.7 Å². The predicted octanol–water partition coefficient (Wildman–Crippen LogP) is 5.49. The van der Waals surface area contributed by atoms with Crippen LogP contribution < -0.4 is 0 Å². The smallest absolute Gasteiger partial charge is 0.0280 e. The van der Waals surface area contributed by atoms with Gasteiger partial charge in [-0.15, -0.1) is 11.6 Å². The van der Waals surface area contributed by atoms with Gasteiger partial charge in [0, 0.05) is 5.88 Å². The molecule has 0 nitrogen and oxygen atoms in total. The summed E-state index contributed by atoms with van der Waals surface area (Å²) in [6, 6.07) is 0. The minimum atomic E-state index is 0.456. The van der Waals surface area contributed by atoms with E-state index < -0.39 is 0 Å². The number of rotatable bonds is 3. The van der Waals surface area contributed by atoms with E-state index in [9.17, 15) is 0 Å². The maximum absolute atomic E-state index is 6.24. The van der Waals surface area contributed by atoms with Gasteiger partial charge in [-0.1, -0.05) is 34.6 Å². The average Bonchev–Trinajstić information content (AvgIpc) is 2.16. The summed E-state index contributed by atoms with van der Waals surface area (Å²) in [5.41, 5.74) is 0.938. The molecule has 0 spiro atoms. The lowest BCUT2D eigenvalue weighted by Gasteiger charge is -2.44. The van der Waals surface area contributed by atoms with Crippen LogP contribution in [0.2, 0.25) is 0 Å². The van der Waals surface area contributed by atoms with Crippen molar-refractivity contribution in [3.05, 3.63) is 0 Å². The summed E-state index contributed by atoms with van der Waals surface area (Å²) in [7, 11) is 0. The van der Waals surface area contributed by atoms with Gasteiger partial charge in [0.05, 0.1) is 0 Å². The molecule has 16 heavy (non-hydrogen) atoms. The minimum absolute atomic E-state index is 0.456. The fourth-order valence-electron chi connectivity index (χ4n) is 3.35. The molecule has 0 bridgehead atoms. The first-order valence-corrected chi connectivity index (χ1v) is 7.38. The highest BCUT2D eigenvalue weighted by Crippen LogP contribution is 2.48. The van der Waals surface area contributed by atoms with E-state index in [-0.39, 0.29) is 0 Å². The normalized spacial score (nSPS) is 32.1. The fraction of sp³-hybridized carbons (Fsp3) is 1.00. The van der Waals surface area contributed by atoms with E-state index in [1.807, 2.05) is 0 Å². The summed E-state index contributed by atoms with van der Waals surface area (Å²) in [5.74, 6) is 2.54. The second-order valence-electron chi connectivity index (χ2n) is 7.37. The van der Waals surface area contributed by atoms with Crippen molar-refractivity contribution in [3.63, 3.8) is 0 Å². The first-order chi connectivity index (χ1) is 7.29. The highest BCUT2D eigenvalue weighted by molar-refractivity contribution is 6.18. The SMILES string of the molecule is CC(C)CC1(CCl)CCC(C(C)(C)C)CC1. The van der Waals surface area contributed by atoms with Crippen molar-refractivity contribution in [1.82, 2.24) is 0 Å². The molecule has 1 heteroatoms. The summed E-state index contributed by atoms with van der Waals surface area (Å²) >= 11 is 6.24. The summed E-state index contributed by atoms with van der Waals surface area (Å²) < 4.78 is 0. The largest absolute Gasteiger partial charge is 0.126 e. The maximum atomic E-state index is 6.24. The zero-order valence-corrected chi connectivity index (χ0v) is 12.5. The molecule has 1 rings (SSSR count). The molecular weight excluding hydrogens is 216 g/mol. The Morgan fingerprint density at radius 3 is 2.00 bits per heavy atom. The molecular formula is C15H29Cl. The van der Waals surface area contributed by atoms with Gasteiger partial charge in [0.25, 0.3) is 0 Å². The Hall–Kier alpha value is 0.290. The fourth-order valence-corrected chi connectivity index (χ4v) is 3.73. The molecule has 0 unspecified atom stereocenters. The molecule has 0 saturated heterocycles. The Morgan fingerprint density at radius 2 is 1.69 bits per heavy atom. The molecule has 1 fully saturated rings. The van der Waals surface area contributed by atoms with Crippen LogP contribution in [0.3, 0.4) is 0 Å². The molecule has 0 aromatic rings. The van der Waals surface area contributed by atoms with Crippen LogP contribution in [0, 0.1) is 22.7 Å². The van der Waals surface area contributed by atoms with Gasteiger partial charge in [-0.25, -0.2) is 0 Å². The summed E-state index contributed by atoms with van der Waals surface area (Å²) in [4.78, 5) is 0. The van der Waals surface area contributed by atoms with Crippen molar-refractivity contribution in [3.8, 4) is 0 Å². The van der Waals surface area contributed by atoms with Gasteiger partial charge in [0.1, 0.15) is 0 Å². The highest BCUT2D eigenvalue weighted by atomic mass is 35.5. The van der Waals surface area contributed by atoms with Crippen molar-refractivity contribution in [2.24, 2.45) is 22.7 Å². The molecule has 0 heterocycles. The molecule has 0 aromatic heterocycles. The van der Waals surface area contributed by atoms with Crippen molar-refractivity contribution in [2.75, 3.05) is 5.88 Å². The first-order valence-electron chi connectivity index (χ1n) is 6.85. The summed E-state index contributed by atoms with van der Waals surface area (Å²) in [5, 5.41) is 0. The first kappa shape index (κ1) is 14.4. The van der Waals surface area contributed by atoms with E-state index in [2.05, 4.69) is 34.6 Å². The predicted molar refractivity (Wildman–Crippen MR) is 74.0 cm³/mol. The van der Waals surface area contributed by atoms with Gasteiger partial charge in [0.2, 0.25) is 0 Å². The monoisotopic (exact) mass is 244 g/mol. The van der Waals surface area contributed by atoms with E-state index in [0.29, 0.717) is 10.8 Å². The average molecular weight is 245 g/mol. The molecule has 0 aromatic carbocycles. The van der Waals surface area contributed by atoms with Crippen molar-refractivity contribution in [1.29, 1.82) is 0 Å². The molecule has 0 N–H and O–H groups in total. The third kappa shape index (κ3) is 3.65. The Kier molecular flexibility index (Phi) is 4.75. The van der Waals surface area contributed by atoms with Crippen LogP contribution in [0.15, 0.2) is 0 Å². The lowest BCUT2D eigenvalue weighted by molar-refractivity contribution is 0.0867. The summed E-state index contributed by atoms with van der Waals surface area (Å²) in [6.45, 7) is 11.8. The van der Waals surface area contributed by atoms with E-state index in [1.165, 1.54) is 32.1 Å². The van der Waals surface area contributed by atoms with Crippen molar-refractivity contribution >= 4 is 11.6 Å². The lowest BCUT2D eigenvalue weighted by Crippen LogP contribution is -2.34. The third-order valence-corrected chi connectivity index (χ3v) is 4.96. The van der Waals surface area contributed by atoms with E-state index in [1.54, 1.807) is 0 Å². The van der Waals surface area contributed by atoms with E-state index in [0.717, 1.165) is 17.7 Å². The van der Waals surface area contributed by atoms with Crippen LogP contribution in [-0.2, 0) is 0 Å². The van der Waals surface area contributed by atoms with Gasteiger partial charge in [-0.2, -0.15) is 0 Å². The Morgan fingerprint density at radius 1 is 1.19 bits per heavy atom. The quantitative estimate of drug-likeness (QED) is 0.576. The molecule has 1 aliphatic rings. The van der Waals surface area contributed by atoms with Crippen LogP contribution in [0.4, 0.5) is 0 Å². The molecule has 96 valence electrons. The second kappa shape index (κ2) is 5.29. The standard InChI is InChI=1S/C15H29Cl/c1-12(2)10-15(11-16)8-6-13(7-9-15)14(3,4)5/h12-13H,6-11H2,1-5H3. The Bertz CT molecular complexity index is 204. The second-order valence-corrected chi connectivity index (χ2v) is 7.64. The molecule has 0 aliphatic heterocycles. The molecule has 1 aliphatic carbocycles. The Balaban J connectivity index is 2.57. The lowest BCUT2D eigenvalue weighted by atomic mass is 9.63. The zero-order chi connectivity index (χ0) is 12.4. The molecule has 0 atom stereocenters. The van der Waals surface area contributed by atoms with E-state index in [4.69, 9.17) is 11.6 Å². The third-order valence-electron chi connectivity index (χ3n) is 4.40. The van der Waals surface area contributed by atoms with Gasteiger partial charge >= 0.3 is 0 Å². The van der Waals surface area contributed by atoms with Crippen LogP contribution in [-0.4, -0.2) is 5.88 Å². The van der Waals surface area contributed by atoms with Gasteiger partial charge in [-0.3, -0.25) is 0 Å². The van der Waals surface area contributed by atoms with Crippen molar-refractivity contribution < 1.29 is 0 Å². The highest BCUT2D eigenvalue weighted by Gasteiger charge is 2.38. The number of hydrogen-bond donors (Lipinski definition) is 0. The van der Waals surface area contributed by atoms with Crippen molar-refractivity contribution in [2.45, 2.75) is 66.7 Å². The van der Waals surface area contributed by atoms with Crippen LogP contribution >= 0.6 is 11.6 Å².